The van der Waals surface area contributed by atoms with Gasteiger partial charge in [-0.15, -0.1) is 0 Å². The number of carbonyl (C=O) groups is 2. The molecule has 0 aliphatic carbocycles. The van der Waals surface area contributed by atoms with Crippen LogP contribution >= 0.6 is 0 Å². The third-order valence-corrected chi connectivity index (χ3v) is 2.59. The maximum Gasteiger partial charge on any atom is 0.360 e. The molecule has 2 rings (SSSR count). The number of nitrogen functional groups attached to an aromatic ring is 2. The van der Waals surface area contributed by atoms with Gasteiger partial charge in [0.2, 0.25) is 0 Å². The van der Waals surface area contributed by atoms with Crippen molar-refractivity contribution in [1.29, 1.82) is 0 Å². The highest BCUT2D eigenvalue weighted by atomic mass is 16.5. The van der Waals surface area contributed by atoms with Crippen LogP contribution in [0.2, 0.25) is 0 Å². The Bertz CT molecular complexity index is 649. The van der Waals surface area contributed by atoms with Crippen molar-refractivity contribution in [2.24, 2.45) is 0 Å². The van der Waals surface area contributed by atoms with E-state index in [0.29, 0.717) is 0 Å². The van der Waals surface area contributed by atoms with E-state index in [0.717, 1.165) is 0 Å². The second kappa shape index (κ2) is 7.64. The van der Waals surface area contributed by atoms with Crippen molar-refractivity contribution >= 4 is 23.6 Å². The molecular formula is C13H14N6O4. The van der Waals surface area contributed by atoms with Crippen LogP contribution in [-0.2, 0) is 9.47 Å². The quantitative estimate of drug-likeness (QED) is 0.541. The van der Waals surface area contributed by atoms with Crippen molar-refractivity contribution < 1.29 is 19.1 Å². The van der Waals surface area contributed by atoms with E-state index in [1.165, 1.54) is 24.8 Å². The molecule has 0 aromatic carbocycles. The van der Waals surface area contributed by atoms with E-state index in [-0.39, 0.29) is 42.7 Å². The average Bonchev–Trinajstić information content (AvgIpc) is 2.55. The van der Waals surface area contributed by atoms with Crippen LogP contribution in [0.3, 0.4) is 0 Å². The van der Waals surface area contributed by atoms with Gasteiger partial charge in [0.1, 0.15) is 0 Å². The molecule has 0 aliphatic rings. The van der Waals surface area contributed by atoms with Crippen molar-refractivity contribution in [3.05, 3.63) is 36.2 Å². The van der Waals surface area contributed by atoms with Crippen molar-refractivity contribution in [3.8, 4) is 0 Å². The molecule has 2 heterocycles. The van der Waals surface area contributed by atoms with Crippen molar-refractivity contribution in [2.45, 2.75) is 6.42 Å². The number of carbonyl (C=O) groups excluding carboxylic acids is 2. The molecule has 0 aliphatic heterocycles. The first-order valence-electron chi connectivity index (χ1n) is 6.57. The van der Waals surface area contributed by atoms with Gasteiger partial charge >= 0.3 is 11.9 Å². The largest absolute Gasteiger partial charge is 0.461 e. The molecule has 120 valence electrons. The predicted octanol–water partition coefficient (Wildman–Crippen LogP) is -0.165. The lowest BCUT2D eigenvalue weighted by Crippen LogP contribution is -2.15. The maximum absolute atomic E-state index is 11.7. The summed E-state index contributed by atoms with van der Waals surface area (Å²) in [4.78, 5) is 38.4. The van der Waals surface area contributed by atoms with Gasteiger partial charge in [-0.2, -0.15) is 0 Å². The Labute approximate surface area is 130 Å². The molecule has 0 unspecified atom stereocenters. The molecule has 2 aromatic heterocycles. The first-order valence-corrected chi connectivity index (χ1v) is 6.57. The zero-order chi connectivity index (χ0) is 16.7. The summed E-state index contributed by atoms with van der Waals surface area (Å²) in [5.74, 6) is -1.41. The summed E-state index contributed by atoms with van der Waals surface area (Å²) in [7, 11) is 0. The summed E-state index contributed by atoms with van der Waals surface area (Å²) in [5, 5.41) is 0. The SMILES string of the molecule is Nc1nccnc1C(=O)OCCCOC(=O)c1nccnc1N. The normalized spacial score (nSPS) is 10.1. The second-order valence-corrected chi connectivity index (χ2v) is 4.21. The fourth-order valence-corrected chi connectivity index (χ4v) is 1.54. The predicted molar refractivity (Wildman–Crippen MR) is 78.1 cm³/mol. The smallest absolute Gasteiger partial charge is 0.360 e. The molecule has 0 saturated heterocycles. The molecule has 10 heteroatoms. The highest BCUT2D eigenvalue weighted by molar-refractivity contribution is 5.92. The average molecular weight is 318 g/mol. The van der Waals surface area contributed by atoms with Gasteiger partial charge in [0.15, 0.2) is 23.0 Å². The van der Waals surface area contributed by atoms with Gasteiger partial charge in [-0.1, -0.05) is 0 Å². The summed E-state index contributed by atoms with van der Waals surface area (Å²) >= 11 is 0. The van der Waals surface area contributed by atoms with E-state index in [1.54, 1.807) is 0 Å². The Kier molecular flexibility index (Phi) is 5.34. The summed E-state index contributed by atoms with van der Waals surface area (Å²) < 4.78 is 9.91. The molecular weight excluding hydrogens is 304 g/mol. The zero-order valence-corrected chi connectivity index (χ0v) is 12.0. The molecule has 0 spiro atoms. The van der Waals surface area contributed by atoms with Crippen molar-refractivity contribution in [3.63, 3.8) is 0 Å². The standard InChI is InChI=1S/C13H14N6O4/c14-10-8(16-2-4-18-10)12(20)22-6-1-7-23-13(21)9-11(15)19-5-3-17-9/h2-5H,1,6-7H2,(H2,14,18)(H2,15,19). The third kappa shape index (κ3) is 4.33. The second-order valence-electron chi connectivity index (χ2n) is 4.21. The van der Waals surface area contributed by atoms with Gasteiger partial charge in [0, 0.05) is 31.2 Å². The monoisotopic (exact) mass is 318 g/mol. The summed E-state index contributed by atoms with van der Waals surface area (Å²) in [6.45, 7) is 0.0517. The first kappa shape index (κ1) is 16.1. The zero-order valence-electron chi connectivity index (χ0n) is 12.0. The molecule has 2 aromatic rings. The highest BCUT2D eigenvalue weighted by Gasteiger charge is 2.15. The number of esters is 2. The van der Waals surface area contributed by atoms with Crippen LogP contribution in [0.25, 0.3) is 0 Å². The molecule has 23 heavy (non-hydrogen) atoms. The van der Waals surface area contributed by atoms with E-state index in [1.807, 2.05) is 0 Å². The Balaban J connectivity index is 1.72. The number of nitrogens with zero attached hydrogens (tertiary/aromatic N) is 4. The molecule has 0 saturated carbocycles. The van der Waals surface area contributed by atoms with Gasteiger partial charge in [-0.3, -0.25) is 0 Å². The van der Waals surface area contributed by atoms with Gasteiger partial charge in [-0.25, -0.2) is 29.5 Å². The highest BCUT2D eigenvalue weighted by Crippen LogP contribution is 2.06. The summed E-state index contributed by atoms with van der Waals surface area (Å²) in [5.41, 5.74) is 10.9. The van der Waals surface area contributed by atoms with Crippen LogP contribution in [0, 0.1) is 0 Å². The lowest BCUT2D eigenvalue weighted by Gasteiger charge is -2.07. The van der Waals surface area contributed by atoms with Crippen LogP contribution in [0.5, 0.6) is 0 Å². The van der Waals surface area contributed by atoms with E-state index in [2.05, 4.69) is 19.9 Å². The van der Waals surface area contributed by atoms with Crippen molar-refractivity contribution in [2.75, 3.05) is 24.7 Å². The van der Waals surface area contributed by atoms with E-state index in [4.69, 9.17) is 20.9 Å². The number of rotatable bonds is 6. The van der Waals surface area contributed by atoms with Crippen LogP contribution in [0.1, 0.15) is 27.4 Å². The van der Waals surface area contributed by atoms with Gasteiger partial charge in [-0.05, 0) is 0 Å². The molecule has 0 amide bonds. The number of nitrogens with two attached hydrogens (primary N) is 2. The van der Waals surface area contributed by atoms with E-state index >= 15 is 0 Å². The number of hydrogen-bond donors (Lipinski definition) is 2. The number of aromatic nitrogens is 4. The van der Waals surface area contributed by atoms with Gasteiger partial charge in [0.05, 0.1) is 13.2 Å². The van der Waals surface area contributed by atoms with Gasteiger partial charge < -0.3 is 20.9 Å². The molecule has 0 radical (unpaired) electrons. The topological polar surface area (TPSA) is 156 Å². The number of hydrogen-bond acceptors (Lipinski definition) is 10. The van der Waals surface area contributed by atoms with Crippen LogP contribution in [-0.4, -0.2) is 45.1 Å². The summed E-state index contributed by atoms with van der Waals surface area (Å²) in [6, 6.07) is 0. The first-order chi connectivity index (χ1) is 11.1. The minimum atomic E-state index is -0.694. The molecule has 0 bridgehead atoms. The van der Waals surface area contributed by atoms with E-state index in [9.17, 15) is 9.59 Å². The summed E-state index contributed by atoms with van der Waals surface area (Å²) in [6.07, 6.45) is 5.69. The Hall–Kier alpha value is -3.30. The fourth-order valence-electron chi connectivity index (χ4n) is 1.54. The lowest BCUT2D eigenvalue weighted by atomic mass is 10.4. The Morgan fingerprint density at radius 1 is 0.783 bits per heavy atom. The van der Waals surface area contributed by atoms with Crippen LogP contribution < -0.4 is 11.5 Å². The minimum absolute atomic E-state index is 0.0120. The fraction of sp³-hybridized carbons (Fsp3) is 0.231. The molecule has 0 fully saturated rings. The third-order valence-electron chi connectivity index (χ3n) is 2.59. The molecule has 4 N–H and O–H groups in total. The molecule has 10 nitrogen and oxygen atoms in total. The van der Waals surface area contributed by atoms with Gasteiger partial charge in [0.25, 0.3) is 0 Å². The van der Waals surface area contributed by atoms with Crippen LogP contribution in [0.15, 0.2) is 24.8 Å². The lowest BCUT2D eigenvalue weighted by molar-refractivity contribution is 0.0390. The minimum Gasteiger partial charge on any atom is -0.461 e. The maximum atomic E-state index is 11.7. The van der Waals surface area contributed by atoms with Crippen molar-refractivity contribution in [1.82, 2.24) is 19.9 Å². The van der Waals surface area contributed by atoms with E-state index < -0.39 is 11.9 Å². The van der Waals surface area contributed by atoms with Crippen LogP contribution in [0.4, 0.5) is 11.6 Å². The number of anilines is 2. The Morgan fingerprint density at radius 2 is 1.17 bits per heavy atom. The molecule has 0 atom stereocenters. The number of ether oxygens (including phenoxy) is 2. The Morgan fingerprint density at radius 3 is 1.57 bits per heavy atom.